The predicted molar refractivity (Wildman–Crippen MR) is 153 cm³/mol. The van der Waals surface area contributed by atoms with Gasteiger partial charge >= 0.3 is 11.9 Å². The zero-order valence-electron chi connectivity index (χ0n) is 22.4. The lowest BCUT2D eigenvalue weighted by atomic mass is 9.66. The highest BCUT2D eigenvalue weighted by Gasteiger charge is 2.54. The largest absolute Gasteiger partial charge is 0.493 e. The highest BCUT2D eigenvalue weighted by atomic mass is 79.9. The summed E-state index contributed by atoms with van der Waals surface area (Å²) in [6.07, 6.45) is -0.659. The lowest BCUT2D eigenvalue weighted by molar-refractivity contribution is -0.153. The summed E-state index contributed by atoms with van der Waals surface area (Å²) in [5.74, 6) is -0.0317. The Morgan fingerprint density at radius 1 is 0.878 bits per heavy atom. The maximum Gasteiger partial charge on any atom is 0.310 e. The quantitative estimate of drug-likeness (QED) is 0.288. The van der Waals surface area contributed by atoms with Crippen molar-refractivity contribution >= 4 is 43.8 Å². The molecule has 1 fully saturated rings. The van der Waals surface area contributed by atoms with E-state index in [0.29, 0.717) is 33.2 Å². The molecule has 3 aromatic rings. The first-order chi connectivity index (χ1) is 19.8. The third-order valence-corrected chi connectivity index (χ3v) is 9.12. The van der Waals surface area contributed by atoms with E-state index in [1.54, 1.807) is 0 Å². The number of esters is 2. The average Bonchev–Trinajstić information content (AvgIpc) is 3.59. The summed E-state index contributed by atoms with van der Waals surface area (Å²) in [4.78, 5) is 26.7. The third kappa shape index (κ3) is 4.78. The molecule has 2 heterocycles. The van der Waals surface area contributed by atoms with Crippen LogP contribution in [-0.2, 0) is 25.5 Å². The van der Waals surface area contributed by atoms with Crippen molar-refractivity contribution in [1.82, 2.24) is 0 Å². The highest BCUT2D eigenvalue weighted by molar-refractivity contribution is 9.10. The first kappa shape index (κ1) is 27.7. The fourth-order valence-electron chi connectivity index (χ4n) is 5.96. The minimum atomic E-state index is -0.740. The number of hydrogen-bond acceptors (Lipinski definition) is 9. The van der Waals surface area contributed by atoms with E-state index in [-0.39, 0.29) is 25.8 Å². The monoisotopic (exact) mass is 688 g/mol. The first-order valence-electron chi connectivity index (χ1n) is 12.9. The van der Waals surface area contributed by atoms with Crippen molar-refractivity contribution in [1.29, 1.82) is 0 Å². The molecular weight excluding hydrogens is 664 g/mol. The molecule has 0 aromatic heterocycles. The molecule has 0 N–H and O–H groups in total. The van der Waals surface area contributed by atoms with Crippen molar-refractivity contribution in [3.8, 4) is 28.7 Å². The van der Waals surface area contributed by atoms with E-state index in [1.165, 1.54) is 21.3 Å². The van der Waals surface area contributed by atoms with Crippen LogP contribution in [0.5, 0.6) is 28.7 Å². The molecule has 0 spiro atoms. The molecule has 9 nitrogen and oxygen atoms in total. The number of carbonyl (C=O) groups excluding carboxylic acids is 2. The van der Waals surface area contributed by atoms with Gasteiger partial charge < -0.3 is 33.2 Å². The molecule has 3 aromatic carbocycles. The van der Waals surface area contributed by atoms with Crippen molar-refractivity contribution < 1.29 is 42.7 Å². The average molecular weight is 690 g/mol. The van der Waals surface area contributed by atoms with Gasteiger partial charge in [-0.3, -0.25) is 9.59 Å². The number of rotatable bonds is 7. The van der Waals surface area contributed by atoms with Crippen molar-refractivity contribution in [3.05, 3.63) is 73.7 Å². The van der Waals surface area contributed by atoms with Crippen LogP contribution < -0.4 is 23.7 Å². The molecule has 0 saturated carbocycles. The Morgan fingerprint density at radius 2 is 1.56 bits per heavy atom. The van der Waals surface area contributed by atoms with Crippen molar-refractivity contribution in [2.75, 3.05) is 34.7 Å². The molecule has 2 aliphatic heterocycles. The molecule has 41 heavy (non-hydrogen) atoms. The SMILES string of the molecule is COc1cc([C@@H]2c3cc4c(cc3[C@H](OC(=O)Cc3ccc(Br)cc3)[C@H]3COC(=O)[C@H]23)OCO4)c(Br)c(OC)c1OC. The first-order valence-corrected chi connectivity index (χ1v) is 14.5. The Hall–Kier alpha value is -3.44. The number of ether oxygens (including phenoxy) is 7. The second-order valence-electron chi connectivity index (χ2n) is 9.89. The molecule has 1 saturated heterocycles. The fraction of sp³-hybridized carbons (Fsp3) is 0.333. The standard InChI is InChI=1S/C30H26Br2O9/c1-35-22-11-18(26(32)29(37-3)28(22)36-2)24-16-9-20-21(40-13-39-20)10-17(16)27(19-12-38-30(34)25(19)24)41-23(33)8-14-4-6-15(31)7-5-14/h4-7,9-11,19,24-25,27H,8,12-13H2,1-3H3/t19-,24-,25-,27-/m0/s1. The van der Waals surface area contributed by atoms with Gasteiger partial charge in [0.05, 0.1) is 44.7 Å². The Bertz CT molecular complexity index is 1520. The highest BCUT2D eigenvalue weighted by Crippen LogP contribution is 2.58. The van der Waals surface area contributed by atoms with E-state index < -0.39 is 29.8 Å². The van der Waals surface area contributed by atoms with Gasteiger partial charge in [0, 0.05) is 21.9 Å². The number of cyclic esters (lactones) is 1. The second kappa shape index (κ2) is 11.1. The lowest BCUT2D eigenvalue weighted by Crippen LogP contribution is -2.37. The summed E-state index contributed by atoms with van der Waals surface area (Å²) >= 11 is 7.12. The van der Waals surface area contributed by atoms with Crippen LogP contribution in [0.15, 0.2) is 51.4 Å². The summed E-state index contributed by atoms with van der Waals surface area (Å²) < 4.78 is 41.6. The number of methoxy groups -OCH3 is 3. The Labute approximate surface area is 253 Å². The van der Waals surface area contributed by atoms with E-state index >= 15 is 0 Å². The van der Waals surface area contributed by atoms with Crippen LogP contribution in [0.1, 0.15) is 34.3 Å². The molecule has 3 aliphatic rings. The molecule has 1 aliphatic carbocycles. The number of benzene rings is 3. The predicted octanol–water partition coefficient (Wildman–Crippen LogP) is 5.73. The molecule has 11 heteroatoms. The molecule has 0 radical (unpaired) electrons. The van der Waals surface area contributed by atoms with E-state index in [1.807, 2.05) is 42.5 Å². The lowest BCUT2D eigenvalue weighted by Gasteiger charge is -2.39. The van der Waals surface area contributed by atoms with Gasteiger partial charge in [0.25, 0.3) is 0 Å². The van der Waals surface area contributed by atoms with Gasteiger partial charge in [0.15, 0.2) is 23.0 Å². The Kier molecular flexibility index (Phi) is 7.50. The van der Waals surface area contributed by atoms with Gasteiger partial charge in [-0.25, -0.2) is 0 Å². The number of fused-ring (bicyclic) bond motifs is 3. The van der Waals surface area contributed by atoms with Crippen LogP contribution in [0.3, 0.4) is 0 Å². The summed E-state index contributed by atoms with van der Waals surface area (Å²) in [5, 5.41) is 0. The molecule has 4 atom stereocenters. The van der Waals surface area contributed by atoms with E-state index in [4.69, 9.17) is 33.2 Å². The van der Waals surface area contributed by atoms with Crippen LogP contribution in [0.4, 0.5) is 0 Å². The molecule has 0 unspecified atom stereocenters. The van der Waals surface area contributed by atoms with Gasteiger partial charge in [-0.15, -0.1) is 0 Å². The Morgan fingerprint density at radius 3 is 2.22 bits per heavy atom. The Balaban J connectivity index is 1.49. The minimum Gasteiger partial charge on any atom is -0.493 e. The topological polar surface area (TPSA) is 98.8 Å². The zero-order chi connectivity index (χ0) is 28.8. The van der Waals surface area contributed by atoms with Gasteiger partial charge in [-0.1, -0.05) is 28.1 Å². The number of carbonyl (C=O) groups is 2. The molecule has 214 valence electrons. The van der Waals surface area contributed by atoms with E-state index in [2.05, 4.69) is 31.9 Å². The minimum absolute atomic E-state index is 0.0691. The van der Waals surface area contributed by atoms with Crippen LogP contribution in [0, 0.1) is 11.8 Å². The second-order valence-corrected chi connectivity index (χ2v) is 11.6. The summed E-state index contributed by atoms with van der Waals surface area (Å²) in [5.41, 5.74) is 3.02. The molecule has 0 amide bonds. The van der Waals surface area contributed by atoms with Crippen LogP contribution in [0.2, 0.25) is 0 Å². The smallest absolute Gasteiger partial charge is 0.310 e. The third-order valence-electron chi connectivity index (χ3n) is 7.77. The maximum absolute atomic E-state index is 13.4. The molecule has 0 bridgehead atoms. The van der Waals surface area contributed by atoms with Crippen LogP contribution in [-0.4, -0.2) is 46.7 Å². The summed E-state index contributed by atoms with van der Waals surface area (Å²) in [6.45, 7) is 0.172. The van der Waals surface area contributed by atoms with Crippen molar-refractivity contribution in [2.24, 2.45) is 11.8 Å². The van der Waals surface area contributed by atoms with Gasteiger partial charge in [0.2, 0.25) is 12.5 Å². The van der Waals surface area contributed by atoms with Gasteiger partial charge in [0.1, 0.15) is 6.10 Å². The normalized spacial score (nSPS) is 21.9. The maximum atomic E-state index is 13.4. The van der Waals surface area contributed by atoms with E-state index in [9.17, 15) is 9.59 Å². The number of halogens is 2. The van der Waals surface area contributed by atoms with Gasteiger partial charge in [-0.05, 0) is 63.0 Å². The van der Waals surface area contributed by atoms with E-state index in [0.717, 1.165) is 26.7 Å². The van der Waals surface area contributed by atoms with Crippen molar-refractivity contribution in [3.63, 3.8) is 0 Å². The molecule has 6 rings (SSSR count). The zero-order valence-corrected chi connectivity index (χ0v) is 25.6. The van der Waals surface area contributed by atoms with Crippen LogP contribution in [0.25, 0.3) is 0 Å². The fourth-order valence-corrected chi connectivity index (χ4v) is 6.92. The molecular formula is C30H26Br2O9. The summed E-state index contributed by atoms with van der Waals surface area (Å²) in [6, 6.07) is 13.0. The summed E-state index contributed by atoms with van der Waals surface area (Å²) in [7, 11) is 4.60. The number of hydrogen-bond donors (Lipinski definition) is 0. The van der Waals surface area contributed by atoms with Crippen molar-refractivity contribution in [2.45, 2.75) is 18.4 Å². The van der Waals surface area contributed by atoms with Crippen LogP contribution >= 0.6 is 31.9 Å². The van der Waals surface area contributed by atoms with Gasteiger partial charge in [-0.2, -0.15) is 0 Å².